The summed E-state index contributed by atoms with van der Waals surface area (Å²) in [5.74, 6) is -0.504. The van der Waals surface area contributed by atoms with Gasteiger partial charge in [-0.2, -0.15) is 0 Å². The van der Waals surface area contributed by atoms with Crippen LogP contribution in [-0.2, 0) is 9.53 Å². The molecule has 0 aliphatic carbocycles. The van der Waals surface area contributed by atoms with Crippen LogP contribution in [0.2, 0.25) is 0 Å². The number of ether oxygens (including phenoxy) is 1. The van der Waals surface area contributed by atoms with Gasteiger partial charge >= 0.3 is 5.97 Å². The van der Waals surface area contributed by atoms with E-state index in [2.05, 4.69) is 10.6 Å². The van der Waals surface area contributed by atoms with E-state index in [-0.39, 0.29) is 5.91 Å². The van der Waals surface area contributed by atoms with Crippen molar-refractivity contribution in [3.8, 4) is 0 Å². The average molecular weight is 293 g/mol. The standard InChI is InChI=1S/C15H23N3O3/c1-4-8-17-14(19)10(3)18-13-7-6-11(9-12(13)16)15(20)21-5-2/h6-7,9-10,18H,4-5,8,16H2,1-3H3,(H,17,19). The van der Waals surface area contributed by atoms with Gasteiger partial charge in [0.1, 0.15) is 6.04 Å². The second-order valence-corrected chi connectivity index (χ2v) is 4.68. The molecule has 0 aliphatic heterocycles. The Kier molecular flexibility index (Phi) is 6.52. The first kappa shape index (κ1) is 16.8. The maximum absolute atomic E-state index is 11.8. The van der Waals surface area contributed by atoms with Crippen LogP contribution in [0.5, 0.6) is 0 Å². The summed E-state index contributed by atoms with van der Waals surface area (Å²) in [6.07, 6.45) is 0.884. The smallest absolute Gasteiger partial charge is 0.338 e. The number of anilines is 2. The molecular formula is C15H23N3O3. The highest BCUT2D eigenvalue weighted by atomic mass is 16.5. The zero-order valence-electron chi connectivity index (χ0n) is 12.7. The van der Waals surface area contributed by atoms with Gasteiger partial charge in [0.25, 0.3) is 0 Å². The number of hydrogen-bond donors (Lipinski definition) is 3. The fraction of sp³-hybridized carbons (Fsp3) is 0.467. The van der Waals surface area contributed by atoms with Gasteiger partial charge in [-0.1, -0.05) is 6.92 Å². The molecule has 1 rings (SSSR count). The molecule has 0 fully saturated rings. The van der Waals surface area contributed by atoms with Gasteiger partial charge in [0, 0.05) is 6.54 Å². The molecule has 0 saturated carbocycles. The summed E-state index contributed by atoms with van der Waals surface area (Å²) in [5, 5.41) is 5.83. The number of esters is 1. The van der Waals surface area contributed by atoms with Gasteiger partial charge in [-0.05, 0) is 38.5 Å². The highest BCUT2D eigenvalue weighted by Crippen LogP contribution is 2.21. The van der Waals surface area contributed by atoms with Crippen LogP contribution in [0.1, 0.15) is 37.6 Å². The summed E-state index contributed by atoms with van der Waals surface area (Å²) in [6, 6.07) is 4.42. The molecule has 0 heterocycles. The van der Waals surface area contributed by atoms with E-state index < -0.39 is 12.0 Å². The van der Waals surface area contributed by atoms with E-state index in [1.165, 1.54) is 6.07 Å². The Morgan fingerprint density at radius 1 is 1.33 bits per heavy atom. The predicted molar refractivity (Wildman–Crippen MR) is 83.2 cm³/mol. The van der Waals surface area contributed by atoms with Gasteiger partial charge in [0.15, 0.2) is 0 Å². The van der Waals surface area contributed by atoms with Crippen LogP contribution in [0.15, 0.2) is 18.2 Å². The molecule has 1 aromatic rings. The molecule has 1 aromatic carbocycles. The van der Waals surface area contributed by atoms with Crippen LogP contribution in [0, 0.1) is 0 Å². The lowest BCUT2D eigenvalue weighted by Gasteiger charge is -2.17. The Morgan fingerprint density at radius 3 is 2.62 bits per heavy atom. The fourth-order valence-electron chi connectivity index (χ4n) is 1.74. The molecule has 21 heavy (non-hydrogen) atoms. The third kappa shape index (κ3) is 4.98. The van der Waals surface area contributed by atoms with Crippen molar-refractivity contribution < 1.29 is 14.3 Å². The van der Waals surface area contributed by atoms with Crippen molar-refractivity contribution in [2.24, 2.45) is 0 Å². The molecule has 6 heteroatoms. The first-order valence-corrected chi connectivity index (χ1v) is 7.10. The third-order valence-corrected chi connectivity index (χ3v) is 2.88. The highest BCUT2D eigenvalue weighted by molar-refractivity contribution is 5.92. The Balaban J connectivity index is 2.72. The van der Waals surface area contributed by atoms with Crippen molar-refractivity contribution >= 4 is 23.3 Å². The molecule has 0 spiro atoms. The lowest BCUT2D eigenvalue weighted by atomic mass is 10.1. The summed E-state index contributed by atoms with van der Waals surface area (Å²) in [6.45, 7) is 6.44. The average Bonchev–Trinajstić information content (AvgIpc) is 2.46. The first-order valence-electron chi connectivity index (χ1n) is 7.10. The molecule has 1 atom stereocenters. The highest BCUT2D eigenvalue weighted by Gasteiger charge is 2.14. The molecule has 0 bridgehead atoms. The number of amides is 1. The second kappa shape index (κ2) is 8.14. The van der Waals surface area contributed by atoms with Gasteiger partial charge in [-0.15, -0.1) is 0 Å². The molecule has 1 amide bonds. The number of hydrogen-bond acceptors (Lipinski definition) is 5. The number of nitrogens with two attached hydrogens (primary N) is 1. The minimum absolute atomic E-state index is 0.0919. The summed E-state index contributed by atoms with van der Waals surface area (Å²) in [7, 11) is 0. The minimum Gasteiger partial charge on any atom is -0.462 e. The van der Waals surface area contributed by atoms with Crippen molar-refractivity contribution in [2.45, 2.75) is 33.2 Å². The Hall–Kier alpha value is -2.24. The van der Waals surface area contributed by atoms with Crippen LogP contribution >= 0.6 is 0 Å². The van der Waals surface area contributed by atoms with Crippen molar-refractivity contribution in [2.75, 3.05) is 24.2 Å². The van der Waals surface area contributed by atoms with E-state index in [0.717, 1.165) is 6.42 Å². The molecule has 4 N–H and O–H groups in total. The van der Waals surface area contributed by atoms with Crippen LogP contribution in [0.4, 0.5) is 11.4 Å². The van der Waals surface area contributed by atoms with Crippen LogP contribution in [0.3, 0.4) is 0 Å². The SMILES string of the molecule is CCCNC(=O)C(C)Nc1ccc(C(=O)OCC)cc1N. The van der Waals surface area contributed by atoms with E-state index in [1.54, 1.807) is 26.0 Å². The predicted octanol–water partition coefficient (Wildman–Crippen LogP) is 1.77. The first-order chi connectivity index (χ1) is 9.99. The fourth-order valence-corrected chi connectivity index (χ4v) is 1.74. The lowest BCUT2D eigenvalue weighted by Crippen LogP contribution is -2.38. The summed E-state index contributed by atoms with van der Waals surface area (Å²) in [5.41, 5.74) is 7.31. The molecule has 0 saturated heterocycles. The van der Waals surface area contributed by atoms with Gasteiger partial charge in [-0.25, -0.2) is 4.79 Å². The van der Waals surface area contributed by atoms with E-state index in [9.17, 15) is 9.59 Å². The number of rotatable bonds is 7. The van der Waals surface area contributed by atoms with Crippen molar-refractivity contribution in [1.82, 2.24) is 5.32 Å². The van der Waals surface area contributed by atoms with E-state index in [4.69, 9.17) is 10.5 Å². The maximum atomic E-state index is 11.8. The van der Waals surface area contributed by atoms with Crippen LogP contribution in [0.25, 0.3) is 0 Å². The lowest BCUT2D eigenvalue weighted by molar-refractivity contribution is -0.121. The molecule has 0 radical (unpaired) electrons. The zero-order chi connectivity index (χ0) is 15.8. The van der Waals surface area contributed by atoms with Gasteiger partial charge in [0.2, 0.25) is 5.91 Å². The quantitative estimate of drug-likeness (QED) is 0.526. The summed E-state index contributed by atoms with van der Waals surface area (Å²) >= 11 is 0. The Labute approximate surface area is 125 Å². The number of nitrogens with one attached hydrogen (secondary N) is 2. The third-order valence-electron chi connectivity index (χ3n) is 2.88. The molecule has 1 unspecified atom stereocenters. The van der Waals surface area contributed by atoms with Crippen LogP contribution in [-0.4, -0.2) is 31.1 Å². The number of benzene rings is 1. The number of nitrogen functional groups attached to an aromatic ring is 1. The minimum atomic E-state index is -0.413. The topological polar surface area (TPSA) is 93.5 Å². The maximum Gasteiger partial charge on any atom is 0.338 e. The normalized spacial score (nSPS) is 11.6. The largest absolute Gasteiger partial charge is 0.462 e. The Bertz CT molecular complexity index is 503. The van der Waals surface area contributed by atoms with Gasteiger partial charge in [0.05, 0.1) is 23.5 Å². The zero-order valence-corrected chi connectivity index (χ0v) is 12.7. The molecular weight excluding hydrogens is 270 g/mol. The van der Waals surface area contributed by atoms with Gasteiger partial charge < -0.3 is 21.1 Å². The number of carbonyl (C=O) groups excluding carboxylic acids is 2. The second-order valence-electron chi connectivity index (χ2n) is 4.68. The van der Waals surface area contributed by atoms with E-state index >= 15 is 0 Å². The Morgan fingerprint density at radius 2 is 2.05 bits per heavy atom. The van der Waals surface area contributed by atoms with Crippen LogP contribution < -0.4 is 16.4 Å². The van der Waals surface area contributed by atoms with Crippen molar-refractivity contribution in [3.05, 3.63) is 23.8 Å². The summed E-state index contributed by atoms with van der Waals surface area (Å²) in [4.78, 5) is 23.4. The van der Waals surface area contributed by atoms with Gasteiger partial charge in [-0.3, -0.25) is 4.79 Å². The summed E-state index contributed by atoms with van der Waals surface area (Å²) < 4.78 is 4.91. The molecule has 0 aliphatic rings. The number of carbonyl (C=O) groups is 2. The monoisotopic (exact) mass is 293 g/mol. The molecule has 0 aromatic heterocycles. The van der Waals surface area contributed by atoms with Crippen molar-refractivity contribution in [3.63, 3.8) is 0 Å². The van der Waals surface area contributed by atoms with E-state index in [0.29, 0.717) is 30.1 Å². The molecule has 6 nitrogen and oxygen atoms in total. The van der Waals surface area contributed by atoms with E-state index in [1.807, 2.05) is 6.92 Å². The van der Waals surface area contributed by atoms with Crippen molar-refractivity contribution in [1.29, 1.82) is 0 Å². The molecule has 116 valence electrons.